The molecule has 2 aromatic heterocycles. The third kappa shape index (κ3) is 1.48. The van der Waals surface area contributed by atoms with Gasteiger partial charge in [-0.1, -0.05) is 24.3 Å². The van der Waals surface area contributed by atoms with Gasteiger partial charge in [-0.05, 0) is 36.8 Å². The molecule has 0 bridgehead atoms. The minimum atomic E-state index is -0.0349. The first-order valence-corrected chi connectivity index (χ1v) is 8.28. The number of thiophene rings is 1. The molecule has 0 amide bonds. The van der Waals surface area contributed by atoms with E-state index >= 15 is 0 Å². The molecule has 1 aromatic carbocycles. The standard InChI is InChI=1S/C17H14N2OS/c20-16-14-12-7-3-4-8-13(12)21-17(14)19-9-10-5-1-2-6-11(10)15(19)18-16/h1-2,5-6H,3-4,7-9H2. The Kier molecular flexibility index (Phi) is 2.25. The molecule has 3 aromatic rings. The van der Waals surface area contributed by atoms with Gasteiger partial charge < -0.3 is 4.57 Å². The number of aromatic nitrogens is 2. The summed E-state index contributed by atoms with van der Waals surface area (Å²) >= 11 is 1.81. The number of benzene rings is 1. The second-order valence-corrected chi connectivity index (χ2v) is 6.96. The first-order valence-electron chi connectivity index (χ1n) is 7.46. The van der Waals surface area contributed by atoms with Crippen molar-refractivity contribution in [3.63, 3.8) is 0 Å². The molecule has 0 spiro atoms. The average Bonchev–Trinajstić information content (AvgIpc) is 3.06. The number of nitrogens with zero attached hydrogens (tertiary/aromatic N) is 2. The molecule has 21 heavy (non-hydrogen) atoms. The number of aryl methyl sites for hydroxylation is 2. The van der Waals surface area contributed by atoms with Gasteiger partial charge in [0, 0.05) is 10.4 Å². The van der Waals surface area contributed by atoms with Crippen LogP contribution in [0.5, 0.6) is 0 Å². The summed E-state index contributed by atoms with van der Waals surface area (Å²) in [7, 11) is 0. The minimum absolute atomic E-state index is 0.0349. The second kappa shape index (κ2) is 4.04. The van der Waals surface area contributed by atoms with Crippen LogP contribution >= 0.6 is 11.3 Å². The quantitative estimate of drug-likeness (QED) is 0.498. The zero-order valence-electron chi connectivity index (χ0n) is 11.6. The first-order chi connectivity index (χ1) is 10.3. The van der Waals surface area contributed by atoms with E-state index in [2.05, 4.69) is 27.8 Å². The van der Waals surface area contributed by atoms with E-state index in [1.807, 2.05) is 17.4 Å². The fourth-order valence-electron chi connectivity index (χ4n) is 3.67. The summed E-state index contributed by atoms with van der Waals surface area (Å²) in [4.78, 5) is 19.5. The third-order valence-electron chi connectivity index (χ3n) is 4.66. The minimum Gasteiger partial charge on any atom is -0.312 e. The lowest BCUT2D eigenvalue weighted by atomic mass is 9.97. The van der Waals surface area contributed by atoms with E-state index in [0.717, 1.165) is 41.0 Å². The highest BCUT2D eigenvalue weighted by atomic mass is 32.1. The molecule has 0 radical (unpaired) electrons. The van der Waals surface area contributed by atoms with Crippen LogP contribution in [0.25, 0.3) is 21.6 Å². The lowest BCUT2D eigenvalue weighted by Crippen LogP contribution is -2.13. The van der Waals surface area contributed by atoms with Crippen molar-refractivity contribution >= 4 is 21.6 Å². The summed E-state index contributed by atoms with van der Waals surface area (Å²) in [6, 6.07) is 8.28. The van der Waals surface area contributed by atoms with Crippen molar-refractivity contribution in [1.82, 2.24) is 9.55 Å². The lowest BCUT2D eigenvalue weighted by molar-refractivity contribution is 0.700. The fraction of sp³-hybridized carbons (Fsp3) is 0.294. The average molecular weight is 294 g/mol. The molecule has 0 atom stereocenters. The predicted octanol–water partition coefficient (Wildman–Crippen LogP) is 3.37. The van der Waals surface area contributed by atoms with Crippen LogP contribution in [-0.4, -0.2) is 9.55 Å². The van der Waals surface area contributed by atoms with E-state index < -0.39 is 0 Å². The molecule has 4 heteroatoms. The van der Waals surface area contributed by atoms with Crippen LogP contribution in [0.4, 0.5) is 0 Å². The van der Waals surface area contributed by atoms with Gasteiger partial charge in [0.25, 0.3) is 5.56 Å². The molecule has 0 saturated heterocycles. The zero-order chi connectivity index (χ0) is 14.0. The van der Waals surface area contributed by atoms with Crippen molar-refractivity contribution in [2.24, 2.45) is 0 Å². The molecule has 0 saturated carbocycles. The van der Waals surface area contributed by atoms with Crippen LogP contribution in [0, 0.1) is 0 Å². The maximum atomic E-state index is 12.6. The van der Waals surface area contributed by atoms with E-state index in [1.165, 1.54) is 28.8 Å². The van der Waals surface area contributed by atoms with Crippen LogP contribution in [0.3, 0.4) is 0 Å². The molecule has 5 rings (SSSR count). The Labute approximate surface area is 125 Å². The summed E-state index contributed by atoms with van der Waals surface area (Å²) in [6.07, 6.45) is 4.60. The summed E-state index contributed by atoms with van der Waals surface area (Å²) in [6.45, 7) is 0.842. The molecule has 2 aliphatic rings. The van der Waals surface area contributed by atoms with Crippen LogP contribution in [0.15, 0.2) is 29.1 Å². The predicted molar refractivity (Wildman–Crippen MR) is 85.1 cm³/mol. The second-order valence-electron chi connectivity index (χ2n) is 5.87. The van der Waals surface area contributed by atoms with Gasteiger partial charge in [-0.25, -0.2) is 0 Å². The number of fused-ring (bicyclic) bond motifs is 7. The Hall–Kier alpha value is -1.94. The van der Waals surface area contributed by atoms with E-state index in [1.54, 1.807) is 0 Å². The topological polar surface area (TPSA) is 34.9 Å². The highest BCUT2D eigenvalue weighted by molar-refractivity contribution is 7.18. The Morgan fingerprint density at radius 3 is 2.95 bits per heavy atom. The van der Waals surface area contributed by atoms with Gasteiger partial charge in [0.2, 0.25) is 0 Å². The number of hydrogen-bond acceptors (Lipinski definition) is 3. The van der Waals surface area contributed by atoms with Gasteiger partial charge in [-0.2, -0.15) is 4.98 Å². The van der Waals surface area contributed by atoms with Crippen LogP contribution in [0.2, 0.25) is 0 Å². The van der Waals surface area contributed by atoms with Gasteiger partial charge in [-0.3, -0.25) is 4.79 Å². The molecule has 3 heterocycles. The Morgan fingerprint density at radius 2 is 2.00 bits per heavy atom. The van der Waals surface area contributed by atoms with E-state index in [9.17, 15) is 4.79 Å². The highest BCUT2D eigenvalue weighted by Gasteiger charge is 2.26. The highest BCUT2D eigenvalue weighted by Crippen LogP contribution is 2.39. The van der Waals surface area contributed by atoms with E-state index in [-0.39, 0.29) is 5.56 Å². The fourth-order valence-corrected chi connectivity index (χ4v) is 5.05. The molecule has 1 aliphatic heterocycles. The Bertz CT molecular complexity index is 951. The summed E-state index contributed by atoms with van der Waals surface area (Å²) in [5.41, 5.74) is 3.63. The smallest absolute Gasteiger partial charge is 0.282 e. The Balaban J connectivity index is 1.89. The number of rotatable bonds is 0. The normalized spacial score (nSPS) is 15.8. The van der Waals surface area contributed by atoms with Gasteiger partial charge in [0.05, 0.1) is 11.9 Å². The van der Waals surface area contributed by atoms with Crippen molar-refractivity contribution in [1.29, 1.82) is 0 Å². The summed E-state index contributed by atoms with van der Waals surface area (Å²) in [5.74, 6) is 0.849. The maximum absolute atomic E-state index is 12.6. The molecule has 0 fully saturated rings. The maximum Gasteiger partial charge on any atom is 0.282 e. The molecule has 0 unspecified atom stereocenters. The van der Waals surface area contributed by atoms with Gasteiger partial charge >= 0.3 is 0 Å². The lowest BCUT2D eigenvalue weighted by Gasteiger charge is -2.09. The van der Waals surface area contributed by atoms with Crippen molar-refractivity contribution in [2.75, 3.05) is 0 Å². The molecular weight excluding hydrogens is 280 g/mol. The summed E-state index contributed by atoms with van der Waals surface area (Å²) in [5, 5.41) is 0.895. The first kappa shape index (κ1) is 11.7. The van der Waals surface area contributed by atoms with Gasteiger partial charge in [-0.15, -0.1) is 11.3 Å². The van der Waals surface area contributed by atoms with E-state index in [4.69, 9.17) is 0 Å². The Morgan fingerprint density at radius 1 is 1.14 bits per heavy atom. The molecule has 3 nitrogen and oxygen atoms in total. The molecule has 1 aliphatic carbocycles. The summed E-state index contributed by atoms with van der Waals surface area (Å²) < 4.78 is 2.24. The SMILES string of the molecule is O=c1nc2n(c3sc4c(c13)CCCC4)Cc1ccccc1-2. The van der Waals surface area contributed by atoms with Crippen molar-refractivity contribution < 1.29 is 0 Å². The van der Waals surface area contributed by atoms with Crippen molar-refractivity contribution in [3.05, 3.63) is 50.6 Å². The monoisotopic (exact) mass is 294 g/mol. The molecule has 0 N–H and O–H groups in total. The molecule has 104 valence electrons. The van der Waals surface area contributed by atoms with E-state index in [0.29, 0.717) is 0 Å². The van der Waals surface area contributed by atoms with Gasteiger partial charge in [0.1, 0.15) is 10.7 Å². The van der Waals surface area contributed by atoms with Crippen LogP contribution in [0.1, 0.15) is 28.8 Å². The van der Waals surface area contributed by atoms with Crippen molar-refractivity contribution in [3.8, 4) is 11.4 Å². The van der Waals surface area contributed by atoms with Gasteiger partial charge in [0.15, 0.2) is 0 Å². The van der Waals surface area contributed by atoms with Crippen LogP contribution in [-0.2, 0) is 19.4 Å². The van der Waals surface area contributed by atoms with Crippen molar-refractivity contribution in [2.45, 2.75) is 32.2 Å². The number of hydrogen-bond donors (Lipinski definition) is 0. The largest absolute Gasteiger partial charge is 0.312 e. The molecular formula is C17H14N2OS. The van der Waals surface area contributed by atoms with Crippen LogP contribution < -0.4 is 5.56 Å². The zero-order valence-corrected chi connectivity index (χ0v) is 12.4. The third-order valence-corrected chi connectivity index (χ3v) is 5.98.